The van der Waals surface area contributed by atoms with Gasteiger partial charge in [0, 0.05) is 18.2 Å². The number of hydrogen-bond donors (Lipinski definition) is 3. The molecule has 0 fully saturated rings. The fraction of sp³-hybridized carbons (Fsp3) is 0.216. The summed E-state index contributed by atoms with van der Waals surface area (Å²) in [5.74, 6) is -0.576. The van der Waals surface area contributed by atoms with Crippen molar-refractivity contribution in [1.29, 1.82) is 0 Å². The van der Waals surface area contributed by atoms with E-state index in [0.717, 1.165) is 16.7 Å². The van der Waals surface area contributed by atoms with Crippen LogP contribution in [0.15, 0.2) is 133 Å². The molecule has 0 aliphatic carbocycles. The lowest BCUT2D eigenvalue weighted by Crippen LogP contribution is -2.48. The summed E-state index contributed by atoms with van der Waals surface area (Å²) in [6, 6.07) is 38.0. The van der Waals surface area contributed by atoms with Gasteiger partial charge in [-0.05, 0) is 56.0 Å². The number of ether oxygens (including phenoxy) is 1. The second kappa shape index (κ2) is 14.8. The molecule has 0 spiro atoms. The maximum Gasteiger partial charge on any atom is 0.408 e. The summed E-state index contributed by atoms with van der Waals surface area (Å²) in [5.41, 5.74) is 1.71. The molecule has 3 amide bonds. The summed E-state index contributed by atoms with van der Waals surface area (Å²) >= 11 is 0. The molecule has 4 aromatic rings. The van der Waals surface area contributed by atoms with Gasteiger partial charge in [-0.25, -0.2) is 4.79 Å². The third-order valence-electron chi connectivity index (χ3n) is 6.85. The first-order valence-corrected chi connectivity index (χ1v) is 14.7. The molecule has 44 heavy (non-hydrogen) atoms. The first-order chi connectivity index (χ1) is 21.2. The quantitative estimate of drug-likeness (QED) is 0.130. The third kappa shape index (κ3) is 8.91. The zero-order chi connectivity index (χ0) is 31.4. The van der Waals surface area contributed by atoms with E-state index in [2.05, 4.69) is 16.0 Å². The van der Waals surface area contributed by atoms with Crippen LogP contribution in [0.25, 0.3) is 0 Å². The van der Waals surface area contributed by atoms with Gasteiger partial charge in [-0.15, -0.1) is 0 Å². The molecule has 4 rings (SSSR count). The van der Waals surface area contributed by atoms with E-state index in [1.807, 2.05) is 109 Å². The Hall–Kier alpha value is -5.17. The van der Waals surface area contributed by atoms with E-state index >= 15 is 0 Å². The monoisotopic (exact) mass is 589 g/mol. The molecule has 4 aromatic carbocycles. The Morgan fingerprint density at radius 1 is 0.705 bits per heavy atom. The summed E-state index contributed by atoms with van der Waals surface area (Å²) in [6.07, 6.45) is 2.60. The van der Waals surface area contributed by atoms with E-state index in [4.69, 9.17) is 4.74 Å². The lowest BCUT2D eigenvalue weighted by Gasteiger charge is -2.37. The summed E-state index contributed by atoms with van der Waals surface area (Å²) in [5, 5.41) is 8.93. The molecule has 7 heteroatoms. The normalized spacial score (nSPS) is 12.2. The molecule has 0 aliphatic rings. The van der Waals surface area contributed by atoms with Crippen LogP contribution in [0.2, 0.25) is 0 Å². The summed E-state index contributed by atoms with van der Waals surface area (Å²) in [4.78, 5) is 39.1. The highest BCUT2D eigenvalue weighted by Gasteiger charge is 2.37. The molecule has 3 N–H and O–H groups in total. The van der Waals surface area contributed by atoms with Crippen LogP contribution in [0.5, 0.6) is 0 Å². The minimum Gasteiger partial charge on any atom is -0.444 e. The van der Waals surface area contributed by atoms with Crippen molar-refractivity contribution < 1.29 is 19.1 Å². The van der Waals surface area contributed by atoms with Crippen LogP contribution in [-0.4, -0.2) is 29.6 Å². The number of amides is 3. The molecule has 1 atom stereocenters. The number of benzene rings is 4. The Bertz CT molecular complexity index is 1440. The SMILES string of the molecule is CC(C)(C)OC(=O)N[C@H](/C=C/C(=O)Nc1ccccc1)CCC(=O)NC(c1ccccc1)(c1ccccc1)c1ccccc1. The topological polar surface area (TPSA) is 96.5 Å². The van der Waals surface area contributed by atoms with Crippen molar-refractivity contribution in [2.75, 3.05) is 5.32 Å². The largest absolute Gasteiger partial charge is 0.444 e. The molecule has 226 valence electrons. The number of rotatable bonds is 11. The molecule has 0 saturated carbocycles. The van der Waals surface area contributed by atoms with Gasteiger partial charge in [-0.2, -0.15) is 0 Å². The van der Waals surface area contributed by atoms with Crippen molar-refractivity contribution in [2.45, 2.75) is 50.8 Å². The molecule has 0 heterocycles. The van der Waals surface area contributed by atoms with Crippen molar-refractivity contribution in [3.63, 3.8) is 0 Å². The number of carbonyl (C=O) groups is 3. The van der Waals surface area contributed by atoms with E-state index in [9.17, 15) is 14.4 Å². The van der Waals surface area contributed by atoms with Crippen LogP contribution >= 0.6 is 0 Å². The number of carbonyl (C=O) groups excluding carboxylic acids is 3. The summed E-state index contributed by atoms with van der Waals surface area (Å²) in [7, 11) is 0. The fourth-order valence-electron chi connectivity index (χ4n) is 4.92. The first kappa shape index (κ1) is 31.8. The van der Waals surface area contributed by atoms with Crippen LogP contribution in [0.1, 0.15) is 50.3 Å². The average Bonchev–Trinajstić information content (AvgIpc) is 3.02. The number of hydrogen-bond acceptors (Lipinski definition) is 4. The third-order valence-corrected chi connectivity index (χ3v) is 6.85. The molecule has 0 saturated heterocycles. The Balaban J connectivity index is 1.58. The van der Waals surface area contributed by atoms with Crippen LogP contribution in [0.4, 0.5) is 10.5 Å². The van der Waals surface area contributed by atoms with Gasteiger partial charge >= 0.3 is 6.09 Å². The molecular weight excluding hydrogens is 550 g/mol. The zero-order valence-corrected chi connectivity index (χ0v) is 25.3. The highest BCUT2D eigenvalue weighted by molar-refractivity contribution is 5.99. The molecule has 0 bridgehead atoms. The van der Waals surface area contributed by atoms with Crippen molar-refractivity contribution in [3.05, 3.63) is 150 Å². The van der Waals surface area contributed by atoms with Gasteiger partial charge in [0.25, 0.3) is 0 Å². The summed E-state index contributed by atoms with van der Waals surface area (Å²) < 4.78 is 5.45. The van der Waals surface area contributed by atoms with Gasteiger partial charge in [-0.3, -0.25) is 9.59 Å². The molecular formula is C37H39N3O4. The zero-order valence-electron chi connectivity index (χ0n) is 25.3. The van der Waals surface area contributed by atoms with Crippen molar-refractivity contribution in [3.8, 4) is 0 Å². The molecule has 0 aromatic heterocycles. The minimum absolute atomic E-state index is 0.0688. The van der Waals surface area contributed by atoms with Crippen LogP contribution in [0, 0.1) is 0 Å². The van der Waals surface area contributed by atoms with Crippen molar-refractivity contribution in [2.24, 2.45) is 0 Å². The maximum atomic E-state index is 13.8. The first-order valence-electron chi connectivity index (χ1n) is 14.7. The number of alkyl carbamates (subject to hydrolysis) is 1. The second-order valence-electron chi connectivity index (χ2n) is 11.4. The van der Waals surface area contributed by atoms with Crippen molar-refractivity contribution in [1.82, 2.24) is 10.6 Å². The predicted molar refractivity (Wildman–Crippen MR) is 174 cm³/mol. The predicted octanol–water partition coefficient (Wildman–Crippen LogP) is 6.96. The van der Waals surface area contributed by atoms with E-state index in [1.54, 1.807) is 39.0 Å². The Labute approximate surface area is 259 Å². The number of anilines is 1. The molecule has 0 radical (unpaired) electrons. The van der Waals surface area contributed by atoms with Gasteiger partial charge in [0.2, 0.25) is 11.8 Å². The van der Waals surface area contributed by atoms with E-state index in [0.29, 0.717) is 5.69 Å². The van der Waals surface area contributed by atoms with Gasteiger partial charge in [-0.1, -0.05) is 115 Å². The number of para-hydroxylation sites is 1. The lowest BCUT2D eigenvalue weighted by atomic mass is 9.77. The Kier molecular flexibility index (Phi) is 10.7. The highest BCUT2D eigenvalue weighted by atomic mass is 16.6. The van der Waals surface area contributed by atoms with E-state index < -0.39 is 23.3 Å². The van der Waals surface area contributed by atoms with Gasteiger partial charge in [0.15, 0.2) is 0 Å². The molecule has 0 unspecified atom stereocenters. The average molecular weight is 590 g/mol. The Morgan fingerprint density at radius 3 is 1.61 bits per heavy atom. The summed E-state index contributed by atoms with van der Waals surface area (Å²) in [6.45, 7) is 5.32. The molecule has 0 aliphatic heterocycles. The van der Waals surface area contributed by atoms with E-state index in [-0.39, 0.29) is 24.7 Å². The Morgan fingerprint density at radius 2 is 1.16 bits per heavy atom. The van der Waals surface area contributed by atoms with Crippen molar-refractivity contribution >= 4 is 23.6 Å². The van der Waals surface area contributed by atoms with Crippen LogP contribution in [-0.2, 0) is 19.9 Å². The number of nitrogens with one attached hydrogen (secondary N) is 3. The second-order valence-corrected chi connectivity index (χ2v) is 11.4. The van der Waals surface area contributed by atoms with Gasteiger partial charge < -0.3 is 20.7 Å². The standard InChI is InChI=1S/C37H39N3O4/c1-36(2,3)44-35(43)39-32(24-26-33(41)38-31-22-14-7-15-23-31)25-27-34(42)40-37(28-16-8-4-9-17-28,29-18-10-5-11-19-29)30-20-12-6-13-21-30/h4-24,26,32H,25,27H2,1-3H3,(H,38,41)(H,39,43)(H,40,42)/b26-24+/t32-/m1/s1. The lowest BCUT2D eigenvalue weighted by molar-refractivity contribution is -0.122. The van der Waals surface area contributed by atoms with Crippen LogP contribution < -0.4 is 16.0 Å². The minimum atomic E-state index is -0.958. The maximum absolute atomic E-state index is 13.8. The van der Waals surface area contributed by atoms with Gasteiger partial charge in [0.1, 0.15) is 11.1 Å². The van der Waals surface area contributed by atoms with Crippen LogP contribution in [0.3, 0.4) is 0 Å². The highest BCUT2D eigenvalue weighted by Crippen LogP contribution is 2.37. The fourth-order valence-corrected chi connectivity index (χ4v) is 4.92. The smallest absolute Gasteiger partial charge is 0.408 e. The van der Waals surface area contributed by atoms with Gasteiger partial charge in [0.05, 0.1) is 6.04 Å². The van der Waals surface area contributed by atoms with E-state index in [1.165, 1.54) is 6.08 Å². The molecule has 7 nitrogen and oxygen atoms in total.